The van der Waals surface area contributed by atoms with Crippen LogP contribution in [0.3, 0.4) is 0 Å². The standard InChI is InChI=1S/C21H24O7/c1-10-7-16(27-19(10)23)25-9-14-12-8-13-15(26-11(2)22)5-6-21(3,4)17(13)18(12)28-20(14)24/h7,9,12,15-16,18H,5-6,8H2,1-4H3/t12-,15+,16-,18+/m1/s1. The van der Waals surface area contributed by atoms with Gasteiger partial charge in [-0.15, -0.1) is 0 Å². The van der Waals surface area contributed by atoms with Crippen molar-refractivity contribution in [2.24, 2.45) is 11.3 Å². The number of carbonyl (C=O) groups excluding carboxylic acids is 3. The molecule has 4 rings (SSSR count). The molecule has 2 heterocycles. The van der Waals surface area contributed by atoms with Gasteiger partial charge in [-0.2, -0.15) is 0 Å². The second-order valence-electron chi connectivity index (χ2n) is 8.43. The molecule has 0 bridgehead atoms. The lowest BCUT2D eigenvalue weighted by molar-refractivity contribution is -0.152. The Hall–Kier alpha value is -2.57. The Morgan fingerprint density at radius 2 is 2.00 bits per heavy atom. The molecule has 7 nitrogen and oxygen atoms in total. The minimum Gasteiger partial charge on any atom is -0.458 e. The van der Waals surface area contributed by atoms with Crippen molar-refractivity contribution < 1.29 is 33.3 Å². The van der Waals surface area contributed by atoms with Gasteiger partial charge in [0.2, 0.25) is 0 Å². The average Bonchev–Trinajstić information content (AvgIpc) is 3.21. The van der Waals surface area contributed by atoms with Gasteiger partial charge in [0.15, 0.2) is 0 Å². The van der Waals surface area contributed by atoms with Crippen LogP contribution in [0.25, 0.3) is 0 Å². The number of rotatable bonds is 3. The quantitative estimate of drug-likeness (QED) is 0.241. The highest BCUT2D eigenvalue weighted by molar-refractivity contribution is 5.92. The lowest BCUT2D eigenvalue weighted by atomic mass is 9.71. The molecule has 0 aromatic carbocycles. The summed E-state index contributed by atoms with van der Waals surface area (Å²) < 4.78 is 21.8. The first-order chi connectivity index (χ1) is 13.2. The number of cyclic esters (lactones) is 1. The first kappa shape index (κ1) is 18.8. The van der Waals surface area contributed by atoms with Crippen molar-refractivity contribution in [3.63, 3.8) is 0 Å². The molecule has 4 aliphatic rings. The van der Waals surface area contributed by atoms with Gasteiger partial charge in [-0.3, -0.25) is 4.79 Å². The highest BCUT2D eigenvalue weighted by atomic mass is 16.7. The highest BCUT2D eigenvalue weighted by Gasteiger charge is 2.54. The zero-order valence-corrected chi connectivity index (χ0v) is 16.4. The molecule has 0 unspecified atom stereocenters. The van der Waals surface area contributed by atoms with Crippen LogP contribution in [0.5, 0.6) is 0 Å². The van der Waals surface area contributed by atoms with Gasteiger partial charge in [0.1, 0.15) is 12.2 Å². The normalized spacial score (nSPS) is 34.6. The zero-order chi connectivity index (χ0) is 20.2. The van der Waals surface area contributed by atoms with Crippen molar-refractivity contribution in [2.45, 2.75) is 65.5 Å². The monoisotopic (exact) mass is 388 g/mol. The van der Waals surface area contributed by atoms with E-state index in [2.05, 4.69) is 13.8 Å². The number of hydrogen-bond donors (Lipinski definition) is 0. The van der Waals surface area contributed by atoms with E-state index in [-0.39, 0.29) is 29.5 Å². The molecule has 150 valence electrons. The molecule has 2 aliphatic carbocycles. The minimum atomic E-state index is -0.832. The van der Waals surface area contributed by atoms with E-state index in [1.165, 1.54) is 13.2 Å². The molecule has 2 aliphatic heterocycles. The first-order valence-corrected chi connectivity index (χ1v) is 9.54. The fraction of sp³-hybridized carbons (Fsp3) is 0.571. The maximum absolute atomic E-state index is 12.5. The van der Waals surface area contributed by atoms with E-state index in [4.69, 9.17) is 18.9 Å². The lowest BCUT2D eigenvalue weighted by Crippen LogP contribution is -2.33. The number of ether oxygens (including phenoxy) is 4. The second-order valence-corrected chi connectivity index (χ2v) is 8.43. The average molecular weight is 388 g/mol. The maximum Gasteiger partial charge on any atom is 0.338 e. The van der Waals surface area contributed by atoms with Gasteiger partial charge in [0.05, 0.1) is 11.8 Å². The number of carbonyl (C=O) groups is 3. The smallest absolute Gasteiger partial charge is 0.338 e. The van der Waals surface area contributed by atoms with Gasteiger partial charge in [-0.25, -0.2) is 9.59 Å². The van der Waals surface area contributed by atoms with Crippen LogP contribution in [0.2, 0.25) is 0 Å². The fourth-order valence-corrected chi connectivity index (χ4v) is 4.69. The van der Waals surface area contributed by atoms with Crippen LogP contribution in [-0.4, -0.2) is 36.4 Å². The summed E-state index contributed by atoms with van der Waals surface area (Å²) in [5.74, 6) is -1.35. The van der Waals surface area contributed by atoms with Gasteiger partial charge in [0.25, 0.3) is 6.29 Å². The van der Waals surface area contributed by atoms with E-state index in [1.807, 2.05) is 0 Å². The summed E-state index contributed by atoms with van der Waals surface area (Å²) in [6.07, 6.45) is 3.64. The van der Waals surface area contributed by atoms with Gasteiger partial charge < -0.3 is 18.9 Å². The summed E-state index contributed by atoms with van der Waals surface area (Å²) in [6.45, 7) is 7.32. The molecular weight excluding hydrogens is 364 g/mol. The minimum absolute atomic E-state index is 0.136. The van der Waals surface area contributed by atoms with Crippen LogP contribution in [0.1, 0.15) is 47.0 Å². The van der Waals surface area contributed by atoms with E-state index in [0.717, 1.165) is 24.0 Å². The molecule has 7 heteroatoms. The summed E-state index contributed by atoms with van der Waals surface area (Å²) in [5.41, 5.74) is 2.88. The van der Waals surface area contributed by atoms with Crippen molar-refractivity contribution in [3.8, 4) is 0 Å². The Kier molecular flexibility index (Phi) is 4.36. The van der Waals surface area contributed by atoms with E-state index < -0.39 is 18.2 Å². The molecule has 0 amide bonds. The largest absolute Gasteiger partial charge is 0.458 e. The van der Waals surface area contributed by atoms with Gasteiger partial charge in [-0.1, -0.05) is 13.8 Å². The highest BCUT2D eigenvalue weighted by Crippen LogP contribution is 2.55. The third-order valence-corrected chi connectivity index (χ3v) is 6.02. The molecule has 1 saturated heterocycles. The van der Waals surface area contributed by atoms with E-state index in [0.29, 0.717) is 17.6 Å². The van der Waals surface area contributed by atoms with Gasteiger partial charge in [0, 0.05) is 24.5 Å². The molecule has 0 aromatic rings. The lowest BCUT2D eigenvalue weighted by Gasteiger charge is -2.37. The molecule has 1 fully saturated rings. The molecule has 0 spiro atoms. The second kappa shape index (κ2) is 6.50. The molecular formula is C21H24O7. The van der Waals surface area contributed by atoms with Crippen LogP contribution in [-0.2, 0) is 33.3 Å². The van der Waals surface area contributed by atoms with E-state index in [1.54, 1.807) is 13.0 Å². The van der Waals surface area contributed by atoms with Crippen LogP contribution >= 0.6 is 0 Å². The summed E-state index contributed by atoms with van der Waals surface area (Å²) in [7, 11) is 0. The van der Waals surface area contributed by atoms with Crippen molar-refractivity contribution in [2.75, 3.05) is 0 Å². The molecule has 0 saturated carbocycles. The summed E-state index contributed by atoms with van der Waals surface area (Å²) >= 11 is 0. The van der Waals surface area contributed by atoms with Gasteiger partial charge >= 0.3 is 17.9 Å². The predicted octanol–water partition coefficient (Wildman–Crippen LogP) is 2.71. The van der Waals surface area contributed by atoms with Crippen LogP contribution in [0, 0.1) is 11.3 Å². The molecule has 4 atom stereocenters. The SMILES string of the molecule is CC(=O)O[C@H]1CCC(C)(C)C2=C1C[C@@H]1C(=CO[C@H]3C=C(C)C(=O)O3)C(=O)O[C@H]21. The predicted molar refractivity (Wildman–Crippen MR) is 96.4 cm³/mol. The molecule has 0 aromatic heterocycles. The molecule has 0 radical (unpaired) electrons. The Labute approximate surface area is 163 Å². The van der Waals surface area contributed by atoms with Crippen molar-refractivity contribution in [1.29, 1.82) is 0 Å². The number of esters is 3. The maximum atomic E-state index is 12.5. The van der Waals surface area contributed by atoms with Crippen molar-refractivity contribution in [3.05, 3.63) is 34.6 Å². The number of hydrogen-bond acceptors (Lipinski definition) is 7. The van der Waals surface area contributed by atoms with E-state index >= 15 is 0 Å². The first-order valence-electron chi connectivity index (χ1n) is 9.54. The zero-order valence-electron chi connectivity index (χ0n) is 16.4. The third-order valence-electron chi connectivity index (χ3n) is 6.02. The van der Waals surface area contributed by atoms with E-state index in [9.17, 15) is 14.4 Å². The van der Waals surface area contributed by atoms with Crippen LogP contribution in [0.4, 0.5) is 0 Å². The van der Waals surface area contributed by atoms with Gasteiger partial charge in [-0.05, 0) is 42.7 Å². The molecule has 0 N–H and O–H groups in total. The third kappa shape index (κ3) is 3.02. The Morgan fingerprint density at radius 1 is 1.25 bits per heavy atom. The Balaban J connectivity index is 1.58. The van der Waals surface area contributed by atoms with Crippen LogP contribution < -0.4 is 0 Å². The Morgan fingerprint density at radius 3 is 2.64 bits per heavy atom. The topological polar surface area (TPSA) is 88.1 Å². The van der Waals surface area contributed by atoms with Crippen LogP contribution in [0.15, 0.2) is 34.6 Å². The fourth-order valence-electron chi connectivity index (χ4n) is 4.69. The van der Waals surface area contributed by atoms with Crippen molar-refractivity contribution in [1.82, 2.24) is 0 Å². The van der Waals surface area contributed by atoms with Crippen molar-refractivity contribution >= 4 is 17.9 Å². The number of fused-ring (bicyclic) bond motifs is 2. The summed E-state index contributed by atoms with van der Waals surface area (Å²) in [5, 5.41) is 0. The molecule has 28 heavy (non-hydrogen) atoms. The Bertz CT molecular complexity index is 845. The summed E-state index contributed by atoms with van der Waals surface area (Å²) in [6, 6.07) is 0. The summed E-state index contributed by atoms with van der Waals surface area (Å²) in [4.78, 5) is 35.4.